The molecule has 104 valence electrons. The van der Waals surface area contributed by atoms with E-state index in [1.807, 2.05) is 0 Å². The lowest BCUT2D eigenvalue weighted by molar-refractivity contribution is -0.123. The highest BCUT2D eigenvalue weighted by Gasteiger charge is 2.25. The summed E-state index contributed by atoms with van der Waals surface area (Å²) in [5.74, 6) is 0.184. The van der Waals surface area contributed by atoms with E-state index in [0.29, 0.717) is 12.1 Å². The highest BCUT2D eigenvalue weighted by Crippen LogP contribution is 2.18. The van der Waals surface area contributed by atoms with Gasteiger partial charge in [-0.25, -0.2) is 0 Å². The van der Waals surface area contributed by atoms with Crippen LogP contribution in [-0.4, -0.2) is 48.6 Å². The molecule has 0 aromatic carbocycles. The Hall–Kier alpha value is -0.610. The van der Waals surface area contributed by atoms with Crippen molar-refractivity contribution in [2.75, 3.05) is 19.6 Å². The van der Waals surface area contributed by atoms with E-state index >= 15 is 0 Å². The van der Waals surface area contributed by atoms with Crippen molar-refractivity contribution in [3.8, 4) is 0 Å². The van der Waals surface area contributed by atoms with Gasteiger partial charge in [-0.2, -0.15) is 0 Å². The van der Waals surface area contributed by atoms with Crippen molar-refractivity contribution >= 4 is 5.91 Å². The van der Waals surface area contributed by atoms with Crippen molar-refractivity contribution in [2.24, 2.45) is 0 Å². The van der Waals surface area contributed by atoms with Gasteiger partial charge in [0.25, 0.3) is 0 Å². The number of nitrogens with zero attached hydrogens (tertiary/aromatic N) is 1. The van der Waals surface area contributed by atoms with E-state index in [4.69, 9.17) is 0 Å². The van der Waals surface area contributed by atoms with Crippen LogP contribution in [0.25, 0.3) is 0 Å². The minimum atomic E-state index is 0.0518. The maximum absolute atomic E-state index is 11.9. The Kier molecular flexibility index (Phi) is 5.01. The van der Waals surface area contributed by atoms with Gasteiger partial charge >= 0.3 is 0 Å². The number of carbonyl (C=O) groups is 1. The van der Waals surface area contributed by atoms with Gasteiger partial charge in [0.1, 0.15) is 0 Å². The van der Waals surface area contributed by atoms with Crippen molar-refractivity contribution in [2.45, 2.75) is 64.1 Å². The molecule has 4 nitrogen and oxygen atoms in total. The van der Waals surface area contributed by atoms with E-state index in [-0.39, 0.29) is 11.9 Å². The van der Waals surface area contributed by atoms with Crippen LogP contribution in [0.15, 0.2) is 0 Å². The topological polar surface area (TPSA) is 44.4 Å². The Balaban J connectivity index is 1.73. The molecule has 2 N–H and O–H groups in total. The molecule has 0 bridgehead atoms. The molecule has 0 spiro atoms. The fourth-order valence-corrected chi connectivity index (χ4v) is 3.17. The second kappa shape index (κ2) is 6.53. The Morgan fingerprint density at radius 1 is 1.39 bits per heavy atom. The number of hydrogen-bond acceptors (Lipinski definition) is 3. The van der Waals surface area contributed by atoms with Gasteiger partial charge in [0, 0.05) is 18.6 Å². The molecule has 2 aliphatic heterocycles. The average molecular weight is 253 g/mol. The van der Waals surface area contributed by atoms with Crippen LogP contribution in [0.2, 0.25) is 0 Å². The molecule has 2 rings (SSSR count). The summed E-state index contributed by atoms with van der Waals surface area (Å²) in [5, 5.41) is 6.34. The SMILES string of the molecule is CC1CCCCN1C(C)CNC(=O)C1CCCN1. The van der Waals surface area contributed by atoms with Gasteiger partial charge < -0.3 is 10.6 Å². The summed E-state index contributed by atoms with van der Waals surface area (Å²) in [6.07, 6.45) is 6.05. The maximum Gasteiger partial charge on any atom is 0.237 e. The zero-order valence-electron chi connectivity index (χ0n) is 11.7. The van der Waals surface area contributed by atoms with Gasteiger partial charge in [0.15, 0.2) is 0 Å². The molecule has 3 atom stereocenters. The molecule has 18 heavy (non-hydrogen) atoms. The maximum atomic E-state index is 11.9. The summed E-state index contributed by atoms with van der Waals surface area (Å²) < 4.78 is 0. The third kappa shape index (κ3) is 3.45. The molecule has 2 saturated heterocycles. The first-order valence-corrected chi connectivity index (χ1v) is 7.45. The lowest BCUT2D eigenvalue weighted by Crippen LogP contribution is -2.50. The molecule has 0 radical (unpaired) electrons. The van der Waals surface area contributed by atoms with Gasteiger partial charge in [-0.3, -0.25) is 9.69 Å². The molecule has 2 fully saturated rings. The van der Waals surface area contributed by atoms with Crippen LogP contribution in [0, 0.1) is 0 Å². The highest BCUT2D eigenvalue weighted by molar-refractivity contribution is 5.82. The Morgan fingerprint density at radius 3 is 2.89 bits per heavy atom. The Bertz CT molecular complexity index is 276. The molecule has 0 aromatic heterocycles. The Morgan fingerprint density at radius 2 is 2.22 bits per heavy atom. The zero-order valence-corrected chi connectivity index (χ0v) is 11.7. The molecular formula is C14H27N3O. The van der Waals surface area contributed by atoms with E-state index in [2.05, 4.69) is 29.4 Å². The minimum absolute atomic E-state index is 0.0518. The molecule has 4 heteroatoms. The van der Waals surface area contributed by atoms with Crippen LogP contribution in [0.5, 0.6) is 0 Å². The van der Waals surface area contributed by atoms with Crippen LogP contribution < -0.4 is 10.6 Å². The number of likely N-dealkylation sites (tertiary alicyclic amines) is 1. The number of piperidine rings is 1. The van der Waals surface area contributed by atoms with Crippen molar-refractivity contribution in [1.82, 2.24) is 15.5 Å². The summed E-state index contributed by atoms with van der Waals surface area (Å²) in [6, 6.07) is 1.16. The fourth-order valence-electron chi connectivity index (χ4n) is 3.17. The number of rotatable bonds is 4. The summed E-state index contributed by atoms with van der Waals surface area (Å²) in [6.45, 7) is 7.47. The van der Waals surface area contributed by atoms with Gasteiger partial charge in [0.05, 0.1) is 6.04 Å². The predicted octanol–water partition coefficient (Wildman–Crippen LogP) is 1.12. The molecule has 1 amide bonds. The summed E-state index contributed by atoms with van der Waals surface area (Å²) in [4.78, 5) is 14.5. The number of nitrogens with one attached hydrogen (secondary N) is 2. The van der Waals surface area contributed by atoms with Crippen LogP contribution in [-0.2, 0) is 4.79 Å². The molecule has 2 aliphatic rings. The largest absolute Gasteiger partial charge is 0.353 e. The molecular weight excluding hydrogens is 226 g/mol. The van der Waals surface area contributed by atoms with Gasteiger partial charge in [-0.15, -0.1) is 0 Å². The molecule has 0 aromatic rings. The van der Waals surface area contributed by atoms with Crippen molar-refractivity contribution in [3.05, 3.63) is 0 Å². The van der Waals surface area contributed by atoms with Crippen molar-refractivity contribution < 1.29 is 4.79 Å². The first-order valence-electron chi connectivity index (χ1n) is 7.45. The highest BCUT2D eigenvalue weighted by atomic mass is 16.2. The fraction of sp³-hybridized carbons (Fsp3) is 0.929. The normalized spacial score (nSPS) is 31.2. The van der Waals surface area contributed by atoms with Gasteiger partial charge in [-0.05, 0) is 52.6 Å². The van der Waals surface area contributed by atoms with Crippen LogP contribution in [0.3, 0.4) is 0 Å². The zero-order chi connectivity index (χ0) is 13.0. The third-order valence-electron chi connectivity index (χ3n) is 4.37. The smallest absolute Gasteiger partial charge is 0.237 e. The van der Waals surface area contributed by atoms with E-state index < -0.39 is 0 Å². The predicted molar refractivity (Wildman–Crippen MR) is 73.5 cm³/mol. The third-order valence-corrected chi connectivity index (χ3v) is 4.37. The standard InChI is InChI=1S/C14H27N3O/c1-11-6-3-4-9-17(11)12(2)10-16-14(18)13-7-5-8-15-13/h11-13,15H,3-10H2,1-2H3,(H,16,18). The molecule has 2 heterocycles. The van der Waals surface area contributed by atoms with E-state index in [9.17, 15) is 4.79 Å². The minimum Gasteiger partial charge on any atom is -0.353 e. The second-order valence-electron chi connectivity index (χ2n) is 5.83. The molecule has 3 unspecified atom stereocenters. The average Bonchev–Trinajstić information content (AvgIpc) is 2.90. The van der Waals surface area contributed by atoms with Crippen molar-refractivity contribution in [1.29, 1.82) is 0 Å². The summed E-state index contributed by atoms with van der Waals surface area (Å²) in [7, 11) is 0. The quantitative estimate of drug-likeness (QED) is 0.789. The summed E-state index contributed by atoms with van der Waals surface area (Å²) >= 11 is 0. The first-order chi connectivity index (χ1) is 8.68. The summed E-state index contributed by atoms with van der Waals surface area (Å²) in [5.41, 5.74) is 0. The lowest BCUT2D eigenvalue weighted by atomic mass is 10.0. The van der Waals surface area contributed by atoms with Crippen LogP contribution in [0.4, 0.5) is 0 Å². The van der Waals surface area contributed by atoms with Crippen molar-refractivity contribution in [3.63, 3.8) is 0 Å². The molecule has 0 aliphatic carbocycles. The van der Waals surface area contributed by atoms with E-state index in [0.717, 1.165) is 25.9 Å². The lowest BCUT2D eigenvalue weighted by Gasteiger charge is -2.38. The van der Waals surface area contributed by atoms with Crippen LogP contribution in [0.1, 0.15) is 46.0 Å². The van der Waals surface area contributed by atoms with E-state index in [1.165, 1.54) is 25.8 Å². The monoisotopic (exact) mass is 253 g/mol. The number of carbonyl (C=O) groups excluding carboxylic acids is 1. The van der Waals surface area contributed by atoms with Gasteiger partial charge in [0.2, 0.25) is 5.91 Å². The number of hydrogen-bond donors (Lipinski definition) is 2. The molecule has 0 saturated carbocycles. The van der Waals surface area contributed by atoms with Crippen LogP contribution >= 0.6 is 0 Å². The second-order valence-corrected chi connectivity index (χ2v) is 5.83. The van der Waals surface area contributed by atoms with Gasteiger partial charge in [-0.1, -0.05) is 6.42 Å². The van der Waals surface area contributed by atoms with E-state index in [1.54, 1.807) is 0 Å². The number of amides is 1. The Labute approximate surface area is 110 Å². The first kappa shape index (κ1) is 13.8.